The molecule has 2 aromatic carbocycles. The molecule has 4 nitrogen and oxygen atoms in total. The molecule has 0 saturated heterocycles. The van der Waals surface area contributed by atoms with Crippen LogP contribution in [0.1, 0.15) is 0 Å². The number of fused-ring (bicyclic) bond motifs is 3. The van der Waals surface area contributed by atoms with E-state index in [1.54, 1.807) is 25.6 Å². The van der Waals surface area contributed by atoms with E-state index < -0.39 is 0 Å². The van der Waals surface area contributed by atoms with Gasteiger partial charge < -0.3 is 9.47 Å². The minimum Gasteiger partial charge on any atom is -0.497 e. The second-order valence-corrected chi connectivity index (χ2v) is 5.93. The number of rotatable bonds is 3. The third-order valence-corrected chi connectivity index (χ3v) is 4.68. The van der Waals surface area contributed by atoms with Gasteiger partial charge in [0.15, 0.2) is 4.96 Å². The van der Waals surface area contributed by atoms with Crippen molar-refractivity contribution in [3.63, 3.8) is 0 Å². The van der Waals surface area contributed by atoms with Crippen molar-refractivity contribution < 1.29 is 9.47 Å². The maximum atomic E-state index is 5.48. The van der Waals surface area contributed by atoms with Gasteiger partial charge in [-0.1, -0.05) is 29.5 Å². The molecule has 2 heterocycles. The molecule has 0 aliphatic heterocycles. The number of ether oxygens (including phenoxy) is 2. The van der Waals surface area contributed by atoms with Gasteiger partial charge in [-0.15, -0.1) is 0 Å². The SMILES string of the molecule is COc1cccc(-c2cn3c(n2)sc2cccc(OC)c23)c1. The monoisotopic (exact) mass is 310 g/mol. The van der Waals surface area contributed by atoms with Crippen LogP contribution in [0.4, 0.5) is 0 Å². The van der Waals surface area contributed by atoms with E-state index in [9.17, 15) is 0 Å². The van der Waals surface area contributed by atoms with E-state index in [1.165, 1.54) is 4.70 Å². The van der Waals surface area contributed by atoms with Crippen LogP contribution in [-0.4, -0.2) is 23.6 Å². The topological polar surface area (TPSA) is 35.8 Å². The lowest BCUT2D eigenvalue weighted by Gasteiger charge is -2.02. The molecule has 22 heavy (non-hydrogen) atoms. The summed E-state index contributed by atoms with van der Waals surface area (Å²) in [7, 11) is 3.36. The second kappa shape index (κ2) is 5.03. The molecule has 4 aromatic rings. The Morgan fingerprint density at radius 3 is 2.73 bits per heavy atom. The van der Waals surface area contributed by atoms with E-state index in [2.05, 4.69) is 10.5 Å². The number of methoxy groups -OCH3 is 2. The summed E-state index contributed by atoms with van der Waals surface area (Å²) in [4.78, 5) is 5.70. The highest BCUT2D eigenvalue weighted by atomic mass is 32.1. The number of nitrogens with zero attached hydrogens (tertiary/aromatic N) is 2. The molecule has 4 rings (SSSR count). The van der Waals surface area contributed by atoms with Crippen LogP contribution in [0.5, 0.6) is 11.5 Å². The molecule has 0 spiro atoms. The minimum atomic E-state index is 0.830. The van der Waals surface area contributed by atoms with Crippen molar-refractivity contribution in [3.8, 4) is 22.8 Å². The molecule has 0 fully saturated rings. The Morgan fingerprint density at radius 1 is 1.05 bits per heavy atom. The van der Waals surface area contributed by atoms with Gasteiger partial charge in [0.05, 0.1) is 24.6 Å². The number of hydrogen-bond donors (Lipinski definition) is 0. The standard InChI is InChI=1S/C17H14N2O2S/c1-20-12-6-3-5-11(9-12)13-10-19-16-14(21-2)7-4-8-15(16)22-17(19)18-13/h3-10H,1-2H3. The van der Waals surface area contributed by atoms with Gasteiger partial charge in [0, 0.05) is 11.8 Å². The Hall–Kier alpha value is -2.53. The van der Waals surface area contributed by atoms with Gasteiger partial charge in [0.1, 0.15) is 17.0 Å². The Morgan fingerprint density at radius 2 is 1.91 bits per heavy atom. The predicted molar refractivity (Wildman–Crippen MR) is 89.1 cm³/mol. The van der Waals surface area contributed by atoms with Crippen LogP contribution in [0.3, 0.4) is 0 Å². The molecule has 2 aromatic heterocycles. The zero-order chi connectivity index (χ0) is 15.1. The molecule has 0 N–H and O–H groups in total. The average molecular weight is 310 g/mol. The van der Waals surface area contributed by atoms with E-state index in [0.29, 0.717) is 0 Å². The van der Waals surface area contributed by atoms with Crippen molar-refractivity contribution in [3.05, 3.63) is 48.7 Å². The Balaban J connectivity index is 1.94. The van der Waals surface area contributed by atoms with Crippen molar-refractivity contribution in [1.82, 2.24) is 9.38 Å². The van der Waals surface area contributed by atoms with Crippen LogP contribution in [-0.2, 0) is 0 Å². The smallest absolute Gasteiger partial charge is 0.195 e. The predicted octanol–water partition coefficient (Wildman–Crippen LogP) is 4.23. The fourth-order valence-electron chi connectivity index (χ4n) is 2.60. The second-order valence-electron chi connectivity index (χ2n) is 4.92. The zero-order valence-corrected chi connectivity index (χ0v) is 13.1. The van der Waals surface area contributed by atoms with Crippen molar-refractivity contribution in [2.24, 2.45) is 0 Å². The van der Waals surface area contributed by atoms with Gasteiger partial charge in [0.25, 0.3) is 0 Å². The lowest BCUT2D eigenvalue weighted by Crippen LogP contribution is -1.86. The minimum absolute atomic E-state index is 0.830. The third-order valence-electron chi connectivity index (χ3n) is 3.66. The number of hydrogen-bond acceptors (Lipinski definition) is 4. The van der Waals surface area contributed by atoms with Gasteiger partial charge in [-0.2, -0.15) is 0 Å². The van der Waals surface area contributed by atoms with E-state index in [0.717, 1.165) is 33.2 Å². The molecule has 0 amide bonds. The van der Waals surface area contributed by atoms with Gasteiger partial charge in [-0.3, -0.25) is 4.40 Å². The molecule has 0 unspecified atom stereocenters. The van der Waals surface area contributed by atoms with Crippen LogP contribution in [0.25, 0.3) is 26.4 Å². The van der Waals surface area contributed by atoms with Gasteiger partial charge >= 0.3 is 0 Å². The fourth-order valence-corrected chi connectivity index (χ4v) is 3.63. The number of para-hydroxylation sites is 1. The fraction of sp³-hybridized carbons (Fsp3) is 0.118. The summed E-state index contributed by atoms with van der Waals surface area (Å²) >= 11 is 1.66. The van der Waals surface area contributed by atoms with Crippen LogP contribution in [0.2, 0.25) is 0 Å². The number of imidazole rings is 1. The summed E-state index contributed by atoms with van der Waals surface area (Å²) < 4.78 is 14.0. The number of aromatic nitrogens is 2. The molecule has 0 aliphatic rings. The average Bonchev–Trinajstić information content (AvgIpc) is 3.12. The van der Waals surface area contributed by atoms with Crippen molar-refractivity contribution in [2.75, 3.05) is 14.2 Å². The summed E-state index contributed by atoms with van der Waals surface area (Å²) in [6, 6.07) is 14.0. The molecule has 110 valence electrons. The normalized spacial score (nSPS) is 11.2. The van der Waals surface area contributed by atoms with E-state index in [-0.39, 0.29) is 0 Å². The van der Waals surface area contributed by atoms with Crippen molar-refractivity contribution in [1.29, 1.82) is 0 Å². The summed E-state index contributed by atoms with van der Waals surface area (Å²) in [6.07, 6.45) is 2.05. The van der Waals surface area contributed by atoms with E-state index in [4.69, 9.17) is 14.5 Å². The van der Waals surface area contributed by atoms with Crippen LogP contribution in [0.15, 0.2) is 48.7 Å². The maximum Gasteiger partial charge on any atom is 0.195 e. The van der Waals surface area contributed by atoms with Gasteiger partial charge in [-0.25, -0.2) is 4.98 Å². The summed E-state index contributed by atoms with van der Waals surface area (Å²) in [5, 5.41) is 0. The summed E-state index contributed by atoms with van der Waals surface area (Å²) in [5.74, 6) is 1.69. The molecule has 0 bridgehead atoms. The molecule has 5 heteroatoms. The highest BCUT2D eigenvalue weighted by Gasteiger charge is 2.13. The third kappa shape index (κ3) is 1.94. The largest absolute Gasteiger partial charge is 0.497 e. The highest BCUT2D eigenvalue weighted by Crippen LogP contribution is 2.34. The molecular weight excluding hydrogens is 296 g/mol. The first-order valence-electron chi connectivity index (χ1n) is 6.89. The Kier molecular flexibility index (Phi) is 3.01. The lowest BCUT2D eigenvalue weighted by atomic mass is 10.1. The molecule has 0 aliphatic carbocycles. The van der Waals surface area contributed by atoms with Crippen LogP contribution >= 0.6 is 11.3 Å². The van der Waals surface area contributed by atoms with Crippen LogP contribution < -0.4 is 9.47 Å². The van der Waals surface area contributed by atoms with Crippen LogP contribution in [0, 0.1) is 0 Å². The summed E-state index contributed by atoms with van der Waals surface area (Å²) in [5.41, 5.74) is 3.03. The van der Waals surface area contributed by atoms with E-state index >= 15 is 0 Å². The maximum absolute atomic E-state index is 5.48. The van der Waals surface area contributed by atoms with Gasteiger partial charge in [0.2, 0.25) is 0 Å². The lowest BCUT2D eigenvalue weighted by molar-refractivity contribution is 0.415. The Labute approximate surface area is 131 Å². The first-order valence-corrected chi connectivity index (χ1v) is 7.71. The zero-order valence-electron chi connectivity index (χ0n) is 12.2. The number of thiazole rings is 1. The first kappa shape index (κ1) is 13.2. The first-order chi connectivity index (χ1) is 10.8. The molecule has 0 radical (unpaired) electrons. The van der Waals surface area contributed by atoms with Crippen molar-refractivity contribution in [2.45, 2.75) is 0 Å². The quantitative estimate of drug-likeness (QED) is 0.568. The van der Waals surface area contributed by atoms with Gasteiger partial charge in [-0.05, 0) is 24.3 Å². The molecule has 0 atom stereocenters. The molecular formula is C17H14N2O2S. The van der Waals surface area contributed by atoms with E-state index in [1.807, 2.05) is 42.6 Å². The molecule has 0 saturated carbocycles. The summed E-state index contributed by atoms with van der Waals surface area (Å²) in [6.45, 7) is 0. The highest BCUT2D eigenvalue weighted by molar-refractivity contribution is 7.23. The van der Waals surface area contributed by atoms with Crippen molar-refractivity contribution >= 4 is 26.5 Å². The number of benzene rings is 2. The Bertz CT molecular complexity index is 971.